The van der Waals surface area contributed by atoms with Gasteiger partial charge in [-0.05, 0) is 25.8 Å². The maximum absolute atomic E-state index is 11.0. The molecule has 0 aliphatic rings. The molecule has 0 aliphatic heterocycles. The lowest BCUT2D eigenvalue weighted by Gasteiger charge is -2.06. The SMILES string of the molecule is C=C(C)C(=O)CCC(C)S(=O)(=O)O. The molecule has 0 fully saturated rings. The van der Waals surface area contributed by atoms with Gasteiger partial charge in [0.2, 0.25) is 0 Å². The lowest BCUT2D eigenvalue weighted by atomic mass is 10.1. The molecule has 1 unspecified atom stereocenters. The number of Topliss-reactive ketones (excluding diaryl/α,β-unsaturated/α-hetero) is 1. The van der Waals surface area contributed by atoms with E-state index in [4.69, 9.17) is 4.55 Å². The predicted octanol–water partition coefficient (Wildman–Crippen LogP) is 1.19. The van der Waals surface area contributed by atoms with Crippen LogP contribution in [0.3, 0.4) is 0 Å². The largest absolute Gasteiger partial charge is 0.295 e. The van der Waals surface area contributed by atoms with Crippen LogP contribution in [0.25, 0.3) is 0 Å². The molecule has 0 saturated carbocycles. The number of hydrogen-bond donors (Lipinski definition) is 1. The summed E-state index contributed by atoms with van der Waals surface area (Å²) in [5.74, 6) is -0.171. The van der Waals surface area contributed by atoms with Crippen molar-refractivity contribution in [1.29, 1.82) is 0 Å². The van der Waals surface area contributed by atoms with Crippen LogP contribution in [0.5, 0.6) is 0 Å². The predicted molar refractivity (Wildman–Crippen MR) is 50.1 cm³/mol. The van der Waals surface area contributed by atoms with Crippen molar-refractivity contribution in [2.45, 2.75) is 31.9 Å². The normalized spacial score (nSPS) is 13.8. The second-order valence-electron chi connectivity index (χ2n) is 3.07. The molecule has 13 heavy (non-hydrogen) atoms. The molecule has 1 N–H and O–H groups in total. The minimum absolute atomic E-state index is 0.107. The smallest absolute Gasteiger partial charge is 0.267 e. The third-order valence-corrected chi connectivity index (χ3v) is 3.02. The Labute approximate surface area is 78.4 Å². The minimum Gasteiger partial charge on any atom is -0.295 e. The molecular weight excluding hydrogens is 192 g/mol. The van der Waals surface area contributed by atoms with Gasteiger partial charge in [0.05, 0.1) is 5.25 Å². The summed E-state index contributed by atoms with van der Waals surface area (Å²) >= 11 is 0. The van der Waals surface area contributed by atoms with Crippen LogP contribution < -0.4 is 0 Å². The molecule has 4 nitrogen and oxygen atoms in total. The number of carbonyl (C=O) groups is 1. The topological polar surface area (TPSA) is 71.4 Å². The number of hydrogen-bond acceptors (Lipinski definition) is 3. The van der Waals surface area contributed by atoms with Gasteiger partial charge in [0, 0.05) is 6.42 Å². The van der Waals surface area contributed by atoms with Gasteiger partial charge >= 0.3 is 0 Å². The van der Waals surface area contributed by atoms with Crippen LogP contribution in [0.2, 0.25) is 0 Å². The van der Waals surface area contributed by atoms with E-state index in [1.54, 1.807) is 6.92 Å². The van der Waals surface area contributed by atoms with E-state index in [-0.39, 0.29) is 18.6 Å². The third kappa shape index (κ3) is 4.80. The van der Waals surface area contributed by atoms with E-state index in [9.17, 15) is 13.2 Å². The van der Waals surface area contributed by atoms with Crippen LogP contribution in [-0.2, 0) is 14.9 Å². The van der Waals surface area contributed by atoms with Crippen molar-refractivity contribution in [3.8, 4) is 0 Å². The second-order valence-corrected chi connectivity index (χ2v) is 4.90. The molecule has 0 aromatic heterocycles. The molecule has 0 aromatic carbocycles. The van der Waals surface area contributed by atoms with Crippen molar-refractivity contribution in [1.82, 2.24) is 0 Å². The van der Waals surface area contributed by atoms with Crippen LogP contribution in [0, 0.1) is 0 Å². The summed E-state index contributed by atoms with van der Waals surface area (Å²) in [5, 5.41) is -0.893. The maximum Gasteiger partial charge on any atom is 0.267 e. The lowest BCUT2D eigenvalue weighted by molar-refractivity contribution is -0.115. The van der Waals surface area contributed by atoms with E-state index in [1.165, 1.54) is 6.92 Å². The lowest BCUT2D eigenvalue weighted by Crippen LogP contribution is -2.17. The average molecular weight is 206 g/mol. The summed E-state index contributed by atoms with van der Waals surface area (Å²) in [7, 11) is -4.01. The van der Waals surface area contributed by atoms with Gasteiger partial charge in [-0.2, -0.15) is 8.42 Å². The number of carbonyl (C=O) groups excluding carboxylic acids is 1. The summed E-state index contributed by atoms with van der Waals surface area (Å²) < 4.78 is 29.6. The highest BCUT2D eigenvalue weighted by Gasteiger charge is 2.18. The van der Waals surface area contributed by atoms with Gasteiger partial charge in [0.1, 0.15) is 0 Å². The Morgan fingerprint density at radius 3 is 2.31 bits per heavy atom. The molecule has 0 heterocycles. The van der Waals surface area contributed by atoms with Crippen molar-refractivity contribution in [2.75, 3.05) is 0 Å². The van der Waals surface area contributed by atoms with Gasteiger partial charge < -0.3 is 0 Å². The second kappa shape index (κ2) is 4.53. The van der Waals surface area contributed by atoms with Gasteiger partial charge in [-0.3, -0.25) is 9.35 Å². The van der Waals surface area contributed by atoms with Crippen LogP contribution >= 0.6 is 0 Å². The average Bonchev–Trinajstić information content (AvgIpc) is 1.97. The van der Waals surface area contributed by atoms with Crippen molar-refractivity contribution >= 4 is 15.9 Å². The summed E-state index contributed by atoms with van der Waals surface area (Å²) in [6.45, 7) is 6.37. The fraction of sp³-hybridized carbons (Fsp3) is 0.625. The van der Waals surface area contributed by atoms with E-state index >= 15 is 0 Å². The first-order valence-electron chi connectivity index (χ1n) is 3.90. The molecule has 0 rings (SSSR count). The quantitative estimate of drug-likeness (QED) is 0.541. The van der Waals surface area contributed by atoms with Gasteiger partial charge in [-0.1, -0.05) is 6.58 Å². The number of rotatable bonds is 5. The maximum atomic E-state index is 11.0. The Kier molecular flexibility index (Phi) is 4.29. The standard InChI is InChI=1S/C8H14O4S/c1-6(2)8(9)5-4-7(3)13(10,11)12/h7H,1,4-5H2,2-3H3,(H,10,11,12). The summed E-state index contributed by atoms with van der Waals surface area (Å²) in [6.07, 6.45) is 0.237. The Morgan fingerprint density at radius 2 is 2.00 bits per heavy atom. The number of ketones is 1. The Morgan fingerprint density at radius 1 is 1.54 bits per heavy atom. The fourth-order valence-electron chi connectivity index (χ4n) is 0.697. The Hall–Kier alpha value is -0.680. The first kappa shape index (κ1) is 12.3. The zero-order valence-electron chi connectivity index (χ0n) is 7.78. The molecular formula is C8H14O4S. The van der Waals surface area contributed by atoms with E-state index in [0.29, 0.717) is 5.57 Å². The highest BCUT2D eigenvalue weighted by molar-refractivity contribution is 7.86. The monoisotopic (exact) mass is 206 g/mol. The van der Waals surface area contributed by atoms with E-state index < -0.39 is 15.4 Å². The first-order chi connectivity index (χ1) is 5.75. The van der Waals surface area contributed by atoms with Gasteiger partial charge in [0.25, 0.3) is 10.1 Å². The fourth-order valence-corrected chi connectivity index (χ4v) is 1.11. The minimum atomic E-state index is -4.01. The van der Waals surface area contributed by atoms with Crippen LogP contribution in [0.4, 0.5) is 0 Å². The summed E-state index contributed by atoms with van der Waals surface area (Å²) in [6, 6.07) is 0. The molecule has 0 bridgehead atoms. The highest BCUT2D eigenvalue weighted by atomic mass is 32.2. The van der Waals surface area contributed by atoms with Crippen LogP contribution in [0.1, 0.15) is 26.7 Å². The Balaban J connectivity index is 4.06. The molecule has 0 aliphatic carbocycles. The van der Waals surface area contributed by atoms with Gasteiger partial charge in [-0.25, -0.2) is 0 Å². The van der Waals surface area contributed by atoms with Crippen LogP contribution in [-0.4, -0.2) is 24.0 Å². The first-order valence-corrected chi connectivity index (χ1v) is 5.40. The van der Waals surface area contributed by atoms with Crippen LogP contribution in [0.15, 0.2) is 12.2 Å². The van der Waals surface area contributed by atoms with Gasteiger partial charge in [0.15, 0.2) is 5.78 Å². The molecule has 5 heteroatoms. The third-order valence-electron chi connectivity index (χ3n) is 1.76. The molecule has 0 radical (unpaired) electrons. The molecule has 1 atom stereocenters. The van der Waals surface area contributed by atoms with Crippen molar-refractivity contribution in [3.63, 3.8) is 0 Å². The molecule has 0 amide bonds. The number of allylic oxidation sites excluding steroid dienone is 1. The zero-order chi connectivity index (χ0) is 10.6. The van der Waals surface area contributed by atoms with E-state index in [2.05, 4.69) is 6.58 Å². The van der Waals surface area contributed by atoms with Crippen molar-refractivity contribution in [2.24, 2.45) is 0 Å². The van der Waals surface area contributed by atoms with Crippen molar-refractivity contribution in [3.05, 3.63) is 12.2 Å². The van der Waals surface area contributed by atoms with Gasteiger partial charge in [-0.15, -0.1) is 0 Å². The van der Waals surface area contributed by atoms with Crippen molar-refractivity contribution < 1.29 is 17.8 Å². The summed E-state index contributed by atoms with van der Waals surface area (Å²) in [5.41, 5.74) is 0.405. The Bertz CT molecular complexity index is 302. The molecule has 0 spiro atoms. The summed E-state index contributed by atoms with van der Waals surface area (Å²) in [4.78, 5) is 11.0. The molecule has 0 saturated heterocycles. The van der Waals surface area contributed by atoms with E-state index in [1.807, 2.05) is 0 Å². The van der Waals surface area contributed by atoms with E-state index in [0.717, 1.165) is 0 Å². The zero-order valence-corrected chi connectivity index (χ0v) is 8.60. The molecule has 76 valence electrons. The highest BCUT2D eigenvalue weighted by Crippen LogP contribution is 2.08. The molecule has 0 aromatic rings.